The van der Waals surface area contributed by atoms with Gasteiger partial charge in [-0.15, -0.1) is 0 Å². The number of hydrogen-bond donors (Lipinski definition) is 0. The summed E-state index contributed by atoms with van der Waals surface area (Å²) in [5.41, 5.74) is 1.00. The summed E-state index contributed by atoms with van der Waals surface area (Å²) >= 11 is 0. The Morgan fingerprint density at radius 2 is 1.64 bits per heavy atom. The average molecular weight is 499 g/mol. The zero-order chi connectivity index (χ0) is 25.4. The molecule has 0 spiro atoms. The molecular formula is C26H46O5SSi. The van der Waals surface area contributed by atoms with Crippen molar-refractivity contribution < 1.29 is 21.8 Å². The lowest BCUT2D eigenvalue weighted by Gasteiger charge is -2.42. The molecule has 1 rings (SSSR count). The Kier molecular flexibility index (Phi) is 11.5. The van der Waals surface area contributed by atoms with Crippen LogP contribution in [0.4, 0.5) is 0 Å². The molecule has 0 aliphatic carbocycles. The van der Waals surface area contributed by atoms with E-state index in [0.29, 0.717) is 0 Å². The Morgan fingerprint density at radius 1 is 1.06 bits per heavy atom. The molecule has 0 saturated carbocycles. The number of allylic oxidation sites excluding steroid dienone is 1. The van der Waals surface area contributed by atoms with E-state index in [0.717, 1.165) is 18.4 Å². The Labute approximate surface area is 204 Å². The predicted molar refractivity (Wildman–Crippen MR) is 140 cm³/mol. The minimum Gasteiger partial charge on any atom is -0.413 e. The van der Waals surface area contributed by atoms with Crippen LogP contribution in [0.15, 0.2) is 41.3 Å². The summed E-state index contributed by atoms with van der Waals surface area (Å²) in [5, 5.41) is 0.0961. The maximum Gasteiger partial charge on any atom is 0.296 e. The van der Waals surface area contributed by atoms with Crippen LogP contribution in [0.5, 0.6) is 0 Å². The lowest BCUT2D eigenvalue weighted by molar-refractivity contribution is -0.0376. The van der Waals surface area contributed by atoms with Gasteiger partial charge in [-0.05, 0) is 50.0 Å². The molecule has 0 fully saturated rings. The molecule has 33 heavy (non-hydrogen) atoms. The molecule has 1 aromatic carbocycles. The van der Waals surface area contributed by atoms with Crippen LogP contribution in [0.25, 0.3) is 0 Å². The molecule has 0 bridgehead atoms. The summed E-state index contributed by atoms with van der Waals surface area (Å²) in [6.07, 6.45) is 5.91. The highest BCUT2D eigenvalue weighted by atomic mass is 32.2. The maximum absolute atomic E-state index is 12.6. The molecule has 0 heterocycles. The fraction of sp³-hybridized carbons (Fsp3) is 0.692. The highest BCUT2D eigenvalue weighted by Gasteiger charge is 2.41. The molecule has 0 aliphatic heterocycles. The Hall–Kier alpha value is -0.993. The summed E-state index contributed by atoms with van der Waals surface area (Å²) < 4.78 is 43.4. The van der Waals surface area contributed by atoms with E-state index >= 15 is 0 Å². The third-order valence-electron chi connectivity index (χ3n) is 6.76. The van der Waals surface area contributed by atoms with Crippen LogP contribution in [0.3, 0.4) is 0 Å². The molecule has 0 amide bonds. The van der Waals surface area contributed by atoms with Crippen molar-refractivity contribution in [1.82, 2.24) is 0 Å². The van der Waals surface area contributed by atoms with Gasteiger partial charge in [0.1, 0.15) is 0 Å². The van der Waals surface area contributed by atoms with E-state index in [1.807, 2.05) is 13.8 Å². The van der Waals surface area contributed by atoms with E-state index in [1.54, 1.807) is 31.4 Å². The summed E-state index contributed by atoms with van der Waals surface area (Å²) in [6.45, 7) is 19.4. The first kappa shape index (κ1) is 30.0. The summed E-state index contributed by atoms with van der Waals surface area (Å²) in [4.78, 5) is 0.172. The van der Waals surface area contributed by atoms with Crippen LogP contribution in [-0.2, 0) is 23.5 Å². The molecule has 5 nitrogen and oxygen atoms in total. The number of benzene rings is 1. The van der Waals surface area contributed by atoms with Gasteiger partial charge in [0.05, 0.1) is 23.7 Å². The van der Waals surface area contributed by atoms with Gasteiger partial charge in [0, 0.05) is 18.9 Å². The monoisotopic (exact) mass is 498 g/mol. The third-order valence-corrected chi connectivity index (χ3v) is 12.6. The fourth-order valence-electron chi connectivity index (χ4n) is 3.56. The smallest absolute Gasteiger partial charge is 0.296 e. The molecule has 7 heteroatoms. The number of aryl methyl sites for hydroxylation is 1. The highest BCUT2D eigenvalue weighted by Crippen LogP contribution is 2.39. The van der Waals surface area contributed by atoms with Crippen LogP contribution < -0.4 is 0 Å². The third kappa shape index (κ3) is 8.94. The molecule has 0 radical (unpaired) electrons. The van der Waals surface area contributed by atoms with Gasteiger partial charge in [-0.25, -0.2) is 0 Å². The van der Waals surface area contributed by atoms with Crippen LogP contribution in [-0.4, -0.2) is 42.7 Å². The van der Waals surface area contributed by atoms with Crippen LogP contribution in [0.2, 0.25) is 18.1 Å². The number of methoxy groups -OCH3 is 1. The Balaban J connectivity index is 3.00. The molecule has 4 atom stereocenters. The average Bonchev–Trinajstić information content (AvgIpc) is 2.71. The second-order valence-corrected chi connectivity index (χ2v) is 17.0. The van der Waals surface area contributed by atoms with Crippen molar-refractivity contribution in [2.75, 3.05) is 13.7 Å². The van der Waals surface area contributed by atoms with Crippen molar-refractivity contribution in [2.45, 2.75) is 96.5 Å². The number of rotatable bonds is 13. The van der Waals surface area contributed by atoms with Gasteiger partial charge in [-0.3, -0.25) is 4.18 Å². The van der Waals surface area contributed by atoms with Gasteiger partial charge in [0.25, 0.3) is 10.1 Å². The molecule has 0 saturated heterocycles. The van der Waals surface area contributed by atoms with Crippen molar-refractivity contribution in [3.05, 3.63) is 42.0 Å². The second-order valence-electron chi connectivity index (χ2n) is 10.6. The first-order valence-electron chi connectivity index (χ1n) is 12.0. The quantitative estimate of drug-likeness (QED) is 0.171. The molecule has 0 aromatic heterocycles. The van der Waals surface area contributed by atoms with Crippen LogP contribution in [0.1, 0.15) is 59.9 Å². The van der Waals surface area contributed by atoms with E-state index in [4.69, 9.17) is 13.3 Å². The molecule has 1 aromatic rings. The highest BCUT2D eigenvalue weighted by molar-refractivity contribution is 7.86. The fourth-order valence-corrected chi connectivity index (χ4v) is 5.98. The minimum absolute atomic E-state index is 0.0187. The predicted octanol–water partition coefficient (Wildman–Crippen LogP) is 6.73. The van der Waals surface area contributed by atoms with Gasteiger partial charge in [0.15, 0.2) is 8.32 Å². The molecular weight excluding hydrogens is 452 g/mol. The van der Waals surface area contributed by atoms with Crippen molar-refractivity contribution in [3.63, 3.8) is 0 Å². The zero-order valence-corrected chi connectivity index (χ0v) is 24.2. The van der Waals surface area contributed by atoms with Crippen molar-refractivity contribution in [2.24, 2.45) is 11.8 Å². The standard InChI is InChI=1S/C26H46O5SSi/c1-11-12-13-14-24(31-33(9,10)26(5,6)7)22(4)25(29-8)21(3)19-30-32(27,28)23-17-15-20(2)16-18-23/h12-13,15-18,21-22,24-25H,11,14,19H2,1-10H3/b13-12+/t21-,22-,24+,25+/m0/s1. The van der Waals surface area contributed by atoms with Gasteiger partial charge in [0.2, 0.25) is 0 Å². The summed E-state index contributed by atoms with van der Waals surface area (Å²) in [5.74, 6) is -0.0720. The SMILES string of the molecule is CC/C=C/C[C@@H](O[Si](C)(C)C(C)(C)C)[C@H](C)[C@H](OC)[C@@H](C)COS(=O)(=O)c1ccc(C)cc1. The van der Waals surface area contributed by atoms with Crippen molar-refractivity contribution in [3.8, 4) is 0 Å². The number of hydrogen-bond acceptors (Lipinski definition) is 5. The Morgan fingerprint density at radius 3 is 2.12 bits per heavy atom. The van der Waals surface area contributed by atoms with Gasteiger partial charge < -0.3 is 9.16 Å². The normalized spacial score (nSPS) is 17.2. The summed E-state index contributed by atoms with van der Waals surface area (Å²) in [7, 11) is -4.14. The topological polar surface area (TPSA) is 61.8 Å². The molecule has 0 unspecified atom stereocenters. The van der Waals surface area contributed by atoms with E-state index in [9.17, 15) is 8.42 Å². The second kappa shape index (κ2) is 12.6. The lowest BCUT2D eigenvalue weighted by Crippen LogP contribution is -2.48. The molecule has 0 N–H and O–H groups in total. The van der Waals surface area contributed by atoms with E-state index in [1.165, 1.54) is 0 Å². The largest absolute Gasteiger partial charge is 0.413 e. The van der Waals surface area contributed by atoms with Crippen LogP contribution in [0, 0.1) is 18.8 Å². The number of ether oxygens (including phenoxy) is 1. The minimum atomic E-state index is -3.82. The van der Waals surface area contributed by atoms with Crippen LogP contribution >= 0.6 is 0 Å². The van der Waals surface area contributed by atoms with Gasteiger partial charge >= 0.3 is 0 Å². The Bertz CT molecular complexity index is 840. The molecule has 0 aliphatic rings. The first-order valence-corrected chi connectivity index (χ1v) is 16.3. The van der Waals surface area contributed by atoms with E-state index in [-0.39, 0.29) is 40.6 Å². The molecule has 190 valence electrons. The first-order chi connectivity index (χ1) is 15.2. The summed E-state index contributed by atoms with van der Waals surface area (Å²) in [6, 6.07) is 6.70. The maximum atomic E-state index is 12.6. The zero-order valence-electron chi connectivity index (χ0n) is 22.3. The van der Waals surface area contributed by atoms with Gasteiger partial charge in [-0.2, -0.15) is 8.42 Å². The van der Waals surface area contributed by atoms with Gasteiger partial charge in [-0.1, -0.05) is 71.4 Å². The van der Waals surface area contributed by atoms with E-state index in [2.05, 4.69) is 59.9 Å². The lowest BCUT2D eigenvalue weighted by atomic mass is 9.88. The van der Waals surface area contributed by atoms with Crippen molar-refractivity contribution in [1.29, 1.82) is 0 Å². The van der Waals surface area contributed by atoms with E-state index < -0.39 is 18.4 Å². The van der Waals surface area contributed by atoms with Crippen molar-refractivity contribution >= 4 is 18.4 Å².